The third kappa shape index (κ3) is 2.47. The zero-order valence-electron chi connectivity index (χ0n) is 11.0. The molecule has 0 bridgehead atoms. The summed E-state index contributed by atoms with van der Waals surface area (Å²) >= 11 is 1.46. The number of thioether (sulfide) groups is 1. The van der Waals surface area contributed by atoms with Crippen LogP contribution in [0.2, 0.25) is 0 Å². The number of urea groups is 1. The van der Waals surface area contributed by atoms with Crippen LogP contribution in [0, 0.1) is 0 Å². The average Bonchev–Trinajstić information content (AvgIpc) is 3.06. The quantitative estimate of drug-likeness (QED) is 0.876. The summed E-state index contributed by atoms with van der Waals surface area (Å²) in [6, 6.07) is 4.88. The number of carbonyl (C=O) groups excluding carboxylic acids is 1. The second kappa shape index (κ2) is 5.36. The molecule has 1 aliphatic heterocycles. The molecule has 1 saturated heterocycles. The van der Waals surface area contributed by atoms with Crippen molar-refractivity contribution in [2.75, 3.05) is 16.9 Å². The molecule has 0 spiro atoms. The number of amides is 2. The second-order valence-electron chi connectivity index (χ2n) is 5.09. The summed E-state index contributed by atoms with van der Waals surface area (Å²) in [6.45, 7) is 0. The molecule has 1 aliphatic carbocycles. The van der Waals surface area contributed by atoms with Gasteiger partial charge >= 0.3 is 12.0 Å². The highest BCUT2D eigenvalue weighted by atomic mass is 32.2. The number of benzene rings is 1. The van der Waals surface area contributed by atoms with Crippen LogP contribution in [-0.2, 0) is 17.6 Å². The number of aliphatic carboxylic acids is 1. The van der Waals surface area contributed by atoms with Gasteiger partial charge in [-0.1, -0.05) is 6.07 Å². The van der Waals surface area contributed by atoms with Crippen molar-refractivity contribution in [3.63, 3.8) is 0 Å². The predicted octanol–water partition coefficient (Wildman–Crippen LogP) is 2.17. The molecule has 1 atom stereocenters. The SMILES string of the molecule is O=C(O)[C@@H]1CSCN1C(=O)Nc1ccc2c(c1)CCC2. The van der Waals surface area contributed by atoms with Gasteiger partial charge in [-0.15, -0.1) is 11.8 Å². The van der Waals surface area contributed by atoms with Gasteiger partial charge in [0.2, 0.25) is 0 Å². The van der Waals surface area contributed by atoms with Gasteiger partial charge in [0.15, 0.2) is 0 Å². The van der Waals surface area contributed by atoms with E-state index in [0.29, 0.717) is 11.6 Å². The molecule has 0 aromatic heterocycles. The Hall–Kier alpha value is -1.69. The number of carboxylic acid groups (broad SMARTS) is 1. The summed E-state index contributed by atoms with van der Waals surface area (Å²) in [4.78, 5) is 24.6. The highest BCUT2D eigenvalue weighted by molar-refractivity contribution is 7.99. The number of aryl methyl sites for hydroxylation is 2. The fourth-order valence-corrected chi connectivity index (χ4v) is 3.84. The number of hydrogen-bond acceptors (Lipinski definition) is 3. The Morgan fingerprint density at radius 3 is 2.90 bits per heavy atom. The first-order chi connectivity index (χ1) is 9.65. The van der Waals surface area contributed by atoms with Gasteiger partial charge < -0.3 is 15.3 Å². The van der Waals surface area contributed by atoms with Crippen LogP contribution < -0.4 is 5.32 Å². The number of rotatable bonds is 2. The smallest absolute Gasteiger partial charge is 0.327 e. The maximum absolute atomic E-state index is 12.2. The van der Waals surface area contributed by atoms with Crippen LogP contribution in [0.3, 0.4) is 0 Å². The molecule has 1 fully saturated rings. The van der Waals surface area contributed by atoms with Crippen molar-refractivity contribution in [2.24, 2.45) is 0 Å². The van der Waals surface area contributed by atoms with E-state index in [9.17, 15) is 9.59 Å². The lowest BCUT2D eigenvalue weighted by molar-refractivity contribution is -0.140. The molecule has 1 aromatic carbocycles. The lowest BCUT2D eigenvalue weighted by atomic mass is 10.1. The molecule has 1 aromatic rings. The van der Waals surface area contributed by atoms with E-state index >= 15 is 0 Å². The fraction of sp³-hybridized carbons (Fsp3) is 0.429. The summed E-state index contributed by atoms with van der Waals surface area (Å²) < 4.78 is 0. The normalized spacial score (nSPS) is 20.8. The molecule has 20 heavy (non-hydrogen) atoms. The lowest BCUT2D eigenvalue weighted by Crippen LogP contribution is -2.43. The minimum absolute atomic E-state index is 0.333. The van der Waals surface area contributed by atoms with Gasteiger partial charge in [0.25, 0.3) is 0 Å². The van der Waals surface area contributed by atoms with Crippen molar-refractivity contribution >= 4 is 29.4 Å². The molecule has 0 radical (unpaired) electrons. The molecule has 0 saturated carbocycles. The van der Waals surface area contributed by atoms with Crippen LogP contribution >= 0.6 is 11.8 Å². The van der Waals surface area contributed by atoms with E-state index in [4.69, 9.17) is 5.11 Å². The molecule has 0 unspecified atom stereocenters. The summed E-state index contributed by atoms with van der Waals surface area (Å²) in [7, 11) is 0. The van der Waals surface area contributed by atoms with Crippen molar-refractivity contribution in [1.82, 2.24) is 4.90 Å². The number of hydrogen-bond donors (Lipinski definition) is 2. The maximum atomic E-state index is 12.2. The Morgan fingerprint density at radius 1 is 1.30 bits per heavy atom. The topological polar surface area (TPSA) is 69.6 Å². The van der Waals surface area contributed by atoms with Crippen LogP contribution in [0.25, 0.3) is 0 Å². The standard InChI is InChI=1S/C14H16N2O3S/c17-13(18)12-7-20-8-16(12)14(19)15-11-5-4-9-2-1-3-10(9)6-11/h4-6,12H,1-3,7-8H2,(H,15,19)(H,17,18)/t12-/m0/s1. The zero-order valence-corrected chi connectivity index (χ0v) is 11.8. The van der Waals surface area contributed by atoms with Crippen molar-refractivity contribution < 1.29 is 14.7 Å². The fourth-order valence-electron chi connectivity index (χ4n) is 2.69. The van der Waals surface area contributed by atoms with E-state index in [0.717, 1.165) is 24.9 Å². The first-order valence-corrected chi connectivity index (χ1v) is 7.80. The van der Waals surface area contributed by atoms with Gasteiger partial charge in [-0.3, -0.25) is 0 Å². The third-order valence-corrected chi connectivity index (χ3v) is 4.79. The number of anilines is 1. The Kier molecular flexibility index (Phi) is 3.56. The molecule has 2 N–H and O–H groups in total. The second-order valence-corrected chi connectivity index (χ2v) is 6.09. The third-order valence-electron chi connectivity index (χ3n) is 3.78. The summed E-state index contributed by atoms with van der Waals surface area (Å²) in [5.74, 6) is -0.0696. The number of fused-ring (bicyclic) bond motifs is 1. The number of carboxylic acids is 1. The average molecular weight is 292 g/mol. The van der Waals surface area contributed by atoms with E-state index in [1.54, 1.807) is 0 Å². The molecule has 106 valence electrons. The van der Waals surface area contributed by atoms with Gasteiger partial charge in [-0.2, -0.15) is 0 Å². The van der Waals surface area contributed by atoms with Crippen LogP contribution in [0.4, 0.5) is 10.5 Å². The van der Waals surface area contributed by atoms with Gasteiger partial charge in [-0.05, 0) is 42.5 Å². The Bertz CT molecular complexity index is 561. The van der Waals surface area contributed by atoms with Crippen molar-refractivity contribution in [2.45, 2.75) is 25.3 Å². The van der Waals surface area contributed by atoms with E-state index in [1.165, 1.54) is 27.8 Å². The maximum Gasteiger partial charge on any atom is 0.327 e. The van der Waals surface area contributed by atoms with Crippen LogP contribution in [-0.4, -0.2) is 39.7 Å². The Labute approximate surface area is 121 Å². The molecule has 3 rings (SSSR count). The summed E-state index contributed by atoms with van der Waals surface area (Å²) in [5, 5.41) is 11.9. The molecule has 2 aliphatic rings. The van der Waals surface area contributed by atoms with E-state index in [1.807, 2.05) is 18.2 Å². The highest BCUT2D eigenvalue weighted by Crippen LogP contribution is 2.26. The lowest BCUT2D eigenvalue weighted by Gasteiger charge is -2.21. The largest absolute Gasteiger partial charge is 0.480 e. The van der Waals surface area contributed by atoms with Crippen LogP contribution in [0.1, 0.15) is 17.5 Å². The van der Waals surface area contributed by atoms with Gasteiger partial charge in [0.1, 0.15) is 6.04 Å². The van der Waals surface area contributed by atoms with E-state index in [-0.39, 0.29) is 6.03 Å². The minimum atomic E-state index is -0.945. The highest BCUT2D eigenvalue weighted by Gasteiger charge is 2.34. The molecule has 5 nitrogen and oxygen atoms in total. The zero-order chi connectivity index (χ0) is 14.1. The van der Waals surface area contributed by atoms with Crippen molar-refractivity contribution in [1.29, 1.82) is 0 Å². The number of nitrogens with one attached hydrogen (secondary N) is 1. The van der Waals surface area contributed by atoms with Crippen LogP contribution in [0.5, 0.6) is 0 Å². The molecule has 1 heterocycles. The van der Waals surface area contributed by atoms with Crippen molar-refractivity contribution in [3.8, 4) is 0 Å². The van der Waals surface area contributed by atoms with E-state index < -0.39 is 12.0 Å². The molecular weight excluding hydrogens is 276 g/mol. The number of carbonyl (C=O) groups is 2. The number of nitrogens with zero attached hydrogens (tertiary/aromatic N) is 1. The first-order valence-electron chi connectivity index (χ1n) is 6.65. The molecule has 2 amide bonds. The van der Waals surface area contributed by atoms with Crippen LogP contribution in [0.15, 0.2) is 18.2 Å². The molecular formula is C14H16N2O3S. The van der Waals surface area contributed by atoms with Gasteiger partial charge in [-0.25, -0.2) is 9.59 Å². The predicted molar refractivity (Wildman–Crippen MR) is 78.1 cm³/mol. The first kappa shape index (κ1) is 13.3. The van der Waals surface area contributed by atoms with Gasteiger partial charge in [0.05, 0.1) is 5.88 Å². The summed E-state index contributed by atoms with van der Waals surface area (Å²) in [6.07, 6.45) is 3.32. The Balaban J connectivity index is 1.71. The monoisotopic (exact) mass is 292 g/mol. The minimum Gasteiger partial charge on any atom is -0.480 e. The van der Waals surface area contributed by atoms with Crippen molar-refractivity contribution in [3.05, 3.63) is 29.3 Å². The summed E-state index contributed by atoms with van der Waals surface area (Å²) in [5.41, 5.74) is 3.38. The van der Waals surface area contributed by atoms with E-state index in [2.05, 4.69) is 5.32 Å². The Morgan fingerprint density at radius 2 is 2.10 bits per heavy atom. The molecule has 6 heteroatoms. The van der Waals surface area contributed by atoms with Gasteiger partial charge in [0, 0.05) is 11.4 Å².